The molecule has 1 aromatic rings. The highest BCUT2D eigenvalue weighted by molar-refractivity contribution is 5.60. The fraction of sp³-hybridized carbons (Fsp3) is 0.600. The summed E-state index contributed by atoms with van der Waals surface area (Å²) in [6.45, 7) is 9.78. The molecule has 1 rings (SSSR count). The fourth-order valence-electron chi connectivity index (χ4n) is 2.09. The van der Waals surface area contributed by atoms with Gasteiger partial charge in [0.15, 0.2) is 0 Å². The second kappa shape index (κ2) is 7.98. The molecule has 0 aliphatic carbocycles. The zero-order chi connectivity index (χ0) is 13.4. The van der Waals surface area contributed by atoms with E-state index in [0.717, 1.165) is 32.5 Å². The van der Waals surface area contributed by atoms with Crippen LogP contribution in [0.25, 0.3) is 0 Å². The van der Waals surface area contributed by atoms with E-state index in [1.54, 1.807) is 0 Å². The Morgan fingerprint density at radius 1 is 1.17 bits per heavy atom. The summed E-state index contributed by atoms with van der Waals surface area (Å²) < 4.78 is 0. The lowest BCUT2D eigenvalue weighted by Crippen LogP contribution is -2.21. The van der Waals surface area contributed by atoms with E-state index >= 15 is 0 Å². The topological polar surface area (TPSA) is 35.5 Å². The Labute approximate surface area is 111 Å². The number of unbranched alkanes of at least 4 members (excludes halogenated alkanes) is 1. The molecule has 18 heavy (non-hydrogen) atoms. The van der Waals surface area contributed by atoms with Gasteiger partial charge in [0.25, 0.3) is 0 Å². The Morgan fingerprint density at radius 3 is 2.44 bits per heavy atom. The summed E-state index contributed by atoms with van der Waals surface area (Å²) in [5.41, 5.74) is 3.77. The first-order chi connectivity index (χ1) is 8.72. The molecule has 2 N–H and O–H groups in total. The van der Waals surface area contributed by atoms with Gasteiger partial charge < -0.3 is 15.3 Å². The second-order valence-corrected chi connectivity index (χ2v) is 4.53. The van der Waals surface area contributed by atoms with Gasteiger partial charge >= 0.3 is 0 Å². The number of anilines is 2. The average molecular weight is 250 g/mol. The van der Waals surface area contributed by atoms with Crippen LogP contribution in [0.15, 0.2) is 18.2 Å². The predicted octanol–water partition coefficient (Wildman–Crippen LogP) is 3.03. The molecule has 0 fully saturated rings. The molecule has 0 saturated heterocycles. The molecule has 1 aromatic carbocycles. The van der Waals surface area contributed by atoms with E-state index in [2.05, 4.69) is 49.2 Å². The van der Waals surface area contributed by atoms with Gasteiger partial charge in [0, 0.05) is 37.6 Å². The number of aliphatic hydroxyl groups excluding tert-OH is 1. The van der Waals surface area contributed by atoms with Crippen molar-refractivity contribution in [3.05, 3.63) is 23.8 Å². The molecule has 0 bridgehead atoms. The van der Waals surface area contributed by atoms with E-state index in [9.17, 15) is 0 Å². The zero-order valence-corrected chi connectivity index (χ0v) is 11.9. The normalized spacial score (nSPS) is 10.4. The standard InChI is InChI=1S/C15H26N2O/c1-4-17(5-2)14-8-9-15(13(3)12-14)16-10-6-7-11-18/h8-9,12,16,18H,4-7,10-11H2,1-3H3. The van der Waals surface area contributed by atoms with E-state index in [1.165, 1.54) is 16.9 Å². The number of rotatable bonds is 8. The summed E-state index contributed by atoms with van der Waals surface area (Å²) in [5, 5.41) is 12.2. The van der Waals surface area contributed by atoms with Crippen molar-refractivity contribution in [1.82, 2.24) is 0 Å². The first kappa shape index (κ1) is 14.8. The molecular weight excluding hydrogens is 224 g/mol. The maximum atomic E-state index is 8.74. The summed E-state index contributed by atoms with van der Waals surface area (Å²) in [6.07, 6.45) is 1.87. The minimum atomic E-state index is 0.279. The van der Waals surface area contributed by atoms with Crippen molar-refractivity contribution >= 4 is 11.4 Å². The number of aryl methyl sites for hydroxylation is 1. The third kappa shape index (κ3) is 4.22. The van der Waals surface area contributed by atoms with Gasteiger partial charge in [-0.1, -0.05) is 0 Å². The summed E-state index contributed by atoms with van der Waals surface area (Å²) in [6, 6.07) is 6.57. The van der Waals surface area contributed by atoms with Crippen molar-refractivity contribution in [2.45, 2.75) is 33.6 Å². The highest BCUT2D eigenvalue weighted by atomic mass is 16.2. The Hall–Kier alpha value is -1.22. The molecule has 0 heterocycles. The molecule has 0 radical (unpaired) electrons. The number of hydrogen-bond donors (Lipinski definition) is 2. The largest absolute Gasteiger partial charge is 0.396 e. The molecule has 0 aliphatic heterocycles. The zero-order valence-electron chi connectivity index (χ0n) is 11.9. The molecule has 0 amide bonds. The highest BCUT2D eigenvalue weighted by Crippen LogP contribution is 2.22. The number of hydrogen-bond acceptors (Lipinski definition) is 3. The van der Waals surface area contributed by atoms with Gasteiger partial charge in [0.05, 0.1) is 0 Å². The number of aliphatic hydroxyl groups is 1. The molecule has 3 heteroatoms. The van der Waals surface area contributed by atoms with Crippen molar-refractivity contribution in [3.63, 3.8) is 0 Å². The van der Waals surface area contributed by atoms with Gasteiger partial charge in [0.2, 0.25) is 0 Å². The van der Waals surface area contributed by atoms with E-state index in [0.29, 0.717) is 0 Å². The second-order valence-electron chi connectivity index (χ2n) is 4.53. The lowest BCUT2D eigenvalue weighted by molar-refractivity contribution is 0.286. The van der Waals surface area contributed by atoms with Crippen LogP contribution in [0.2, 0.25) is 0 Å². The molecule has 0 aliphatic rings. The van der Waals surface area contributed by atoms with Crippen LogP contribution in [-0.4, -0.2) is 31.3 Å². The van der Waals surface area contributed by atoms with E-state index in [1.807, 2.05) is 0 Å². The highest BCUT2D eigenvalue weighted by Gasteiger charge is 2.04. The summed E-state index contributed by atoms with van der Waals surface area (Å²) >= 11 is 0. The molecule has 3 nitrogen and oxygen atoms in total. The maximum absolute atomic E-state index is 8.74. The van der Waals surface area contributed by atoms with Crippen molar-refractivity contribution in [2.75, 3.05) is 36.5 Å². The van der Waals surface area contributed by atoms with E-state index in [-0.39, 0.29) is 6.61 Å². The predicted molar refractivity (Wildman–Crippen MR) is 79.5 cm³/mol. The van der Waals surface area contributed by atoms with Gasteiger partial charge in [0.1, 0.15) is 0 Å². The molecule has 102 valence electrons. The van der Waals surface area contributed by atoms with Gasteiger partial charge in [-0.3, -0.25) is 0 Å². The van der Waals surface area contributed by atoms with Gasteiger partial charge in [-0.25, -0.2) is 0 Å². The van der Waals surface area contributed by atoms with Crippen molar-refractivity contribution in [1.29, 1.82) is 0 Å². The van der Waals surface area contributed by atoms with Crippen molar-refractivity contribution in [2.24, 2.45) is 0 Å². The molecule has 0 saturated carbocycles. The molecule has 0 atom stereocenters. The lowest BCUT2D eigenvalue weighted by atomic mass is 10.1. The molecular formula is C15H26N2O. The van der Waals surface area contributed by atoms with Crippen LogP contribution in [0.3, 0.4) is 0 Å². The summed E-state index contributed by atoms with van der Waals surface area (Å²) in [5.74, 6) is 0. The number of nitrogens with zero attached hydrogens (tertiary/aromatic N) is 1. The first-order valence-electron chi connectivity index (χ1n) is 6.93. The minimum Gasteiger partial charge on any atom is -0.396 e. The Balaban J connectivity index is 2.61. The van der Waals surface area contributed by atoms with Crippen LogP contribution in [0.4, 0.5) is 11.4 Å². The molecule has 0 spiro atoms. The van der Waals surface area contributed by atoms with Crippen LogP contribution < -0.4 is 10.2 Å². The summed E-state index contributed by atoms with van der Waals surface area (Å²) in [7, 11) is 0. The van der Waals surface area contributed by atoms with E-state index in [4.69, 9.17) is 5.11 Å². The Kier molecular flexibility index (Phi) is 6.58. The van der Waals surface area contributed by atoms with Gasteiger partial charge in [-0.05, 0) is 57.4 Å². The third-order valence-corrected chi connectivity index (χ3v) is 3.24. The first-order valence-corrected chi connectivity index (χ1v) is 6.93. The van der Waals surface area contributed by atoms with E-state index < -0.39 is 0 Å². The number of nitrogens with one attached hydrogen (secondary N) is 1. The molecule has 0 unspecified atom stereocenters. The van der Waals surface area contributed by atoms with Crippen LogP contribution >= 0.6 is 0 Å². The average Bonchev–Trinajstić information content (AvgIpc) is 2.38. The van der Waals surface area contributed by atoms with Crippen LogP contribution in [0, 0.1) is 6.92 Å². The van der Waals surface area contributed by atoms with Gasteiger partial charge in [-0.2, -0.15) is 0 Å². The Bertz CT molecular complexity index is 348. The fourth-order valence-corrected chi connectivity index (χ4v) is 2.09. The lowest BCUT2D eigenvalue weighted by Gasteiger charge is -2.22. The SMILES string of the molecule is CCN(CC)c1ccc(NCCCCO)c(C)c1. The molecule has 0 aromatic heterocycles. The van der Waals surface area contributed by atoms with Crippen LogP contribution in [-0.2, 0) is 0 Å². The Morgan fingerprint density at radius 2 is 1.89 bits per heavy atom. The van der Waals surface area contributed by atoms with Gasteiger partial charge in [-0.15, -0.1) is 0 Å². The number of benzene rings is 1. The van der Waals surface area contributed by atoms with Crippen molar-refractivity contribution in [3.8, 4) is 0 Å². The summed E-state index contributed by atoms with van der Waals surface area (Å²) in [4.78, 5) is 2.35. The maximum Gasteiger partial charge on any atom is 0.0431 e. The van der Waals surface area contributed by atoms with Crippen LogP contribution in [0.1, 0.15) is 32.3 Å². The minimum absolute atomic E-state index is 0.279. The van der Waals surface area contributed by atoms with Crippen LogP contribution in [0.5, 0.6) is 0 Å². The third-order valence-electron chi connectivity index (χ3n) is 3.24. The smallest absolute Gasteiger partial charge is 0.0431 e. The van der Waals surface area contributed by atoms with Crippen molar-refractivity contribution < 1.29 is 5.11 Å². The quantitative estimate of drug-likeness (QED) is 0.696. The monoisotopic (exact) mass is 250 g/mol.